The second-order valence-electron chi connectivity index (χ2n) is 6.65. The molecule has 160 valence electrons. The fourth-order valence-electron chi connectivity index (χ4n) is 2.88. The van der Waals surface area contributed by atoms with Gasteiger partial charge in [0.05, 0.1) is 10.8 Å². The van der Waals surface area contributed by atoms with Gasteiger partial charge in [-0.3, -0.25) is 4.79 Å². The van der Waals surface area contributed by atoms with E-state index in [9.17, 15) is 22.4 Å². The van der Waals surface area contributed by atoms with Gasteiger partial charge in [0.2, 0.25) is 15.9 Å². The van der Waals surface area contributed by atoms with Crippen LogP contribution >= 0.6 is 11.8 Å². The van der Waals surface area contributed by atoms with Crippen molar-refractivity contribution in [1.29, 1.82) is 0 Å². The third kappa shape index (κ3) is 5.71. The first-order valence-corrected chi connectivity index (χ1v) is 11.7. The lowest BCUT2D eigenvalue weighted by atomic mass is 10.1. The molecule has 30 heavy (non-hydrogen) atoms. The van der Waals surface area contributed by atoms with Gasteiger partial charge in [0, 0.05) is 18.0 Å². The molecule has 1 unspecified atom stereocenters. The predicted molar refractivity (Wildman–Crippen MR) is 113 cm³/mol. The quantitative estimate of drug-likeness (QED) is 0.616. The van der Waals surface area contributed by atoms with Crippen molar-refractivity contribution in [3.05, 3.63) is 59.9 Å². The zero-order valence-electron chi connectivity index (χ0n) is 15.9. The largest absolute Gasteiger partial charge is 0.354 e. The monoisotopic (exact) mass is 452 g/mol. The second-order valence-corrected chi connectivity index (χ2v) is 9.21. The van der Waals surface area contributed by atoms with Crippen molar-refractivity contribution in [3.8, 4) is 0 Å². The van der Waals surface area contributed by atoms with Crippen LogP contribution < -0.4 is 15.8 Å². The zero-order valence-corrected chi connectivity index (χ0v) is 17.5. The number of hydrogen-bond donors (Lipinski definition) is 3. The van der Waals surface area contributed by atoms with Crippen LogP contribution in [0, 0.1) is 5.82 Å². The molecule has 0 spiro atoms. The van der Waals surface area contributed by atoms with Crippen molar-refractivity contribution in [1.82, 2.24) is 10.2 Å². The van der Waals surface area contributed by atoms with Crippen LogP contribution in [0.4, 0.5) is 14.9 Å². The Labute approximate surface area is 178 Å². The fraction of sp³-hybridized carbons (Fsp3) is 0.263. The minimum absolute atomic E-state index is 0.0288. The van der Waals surface area contributed by atoms with E-state index in [1.54, 1.807) is 12.1 Å². The summed E-state index contributed by atoms with van der Waals surface area (Å²) in [6.07, 6.45) is 0.498. The maximum atomic E-state index is 13.0. The van der Waals surface area contributed by atoms with Crippen LogP contribution in [0.3, 0.4) is 0 Å². The van der Waals surface area contributed by atoms with Crippen LogP contribution in [0.1, 0.15) is 5.56 Å². The molecule has 3 rings (SSSR count). The Bertz CT molecular complexity index is 1010. The first-order valence-electron chi connectivity index (χ1n) is 9.04. The number of urea groups is 1. The normalized spacial score (nSPS) is 16.3. The highest BCUT2D eigenvalue weighted by molar-refractivity contribution is 7.99. The molecule has 0 aromatic heterocycles. The van der Waals surface area contributed by atoms with Crippen LogP contribution in [0.15, 0.2) is 53.4 Å². The smallest absolute Gasteiger partial charge is 0.323 e. The number of rotatable bonds is 6. The van der Waals surface area contributed by atoms with Gasteiger partial charge in [0.25, 0.3) is 0 Å². The van der Waals surface area contributed by atoms with E-state index in [0.717, 1.165) is 5.56 Å². The molecule has 4 N–H and O–H groups in total. The third-order valence-electron chi connectivity index (χ3n) is 4.51. The lowest BCUT2D eigenvalue weighted by Gasteiger charge is -2.23. The Balaban J connectivity index is 1.51. The highest BCUT2D eigenvalue weighted by atomic mass is 32.2. The SMILES string of the molecule is NS(=O)(=O)c1ccc(CCNC(=O)C2CSCN2C(=O)Nc2ccc(F)cc2)cc1. The van der Waals surface area contributed by atoms with E-state index in [1.165, 1.54) is 53.1 Å². The molecular weight excluding hydrogens is 431 g/mol. The second kappa shape index (κ2) is 9.45. The van der Waals surface area contributed by atoms with Gasteiger partial charge in [-0.1, -0.05) is 12.1 Å². The summed E-state index contributed by atoms with van der Waals surface area (Å²) >= 11 is 1.47. The number of thioether (sulfide) groups is 1. The molecule has 3 amide bonds. The average Bonchev–Trinajstić information content (AvgIpc) is 3.19. The van der Waals surface area contributed by atoms with E-state index in [4.69, 9.17) is 5.14 Å². The Morgan fingerprint density at radius 1 is 1.13 bits per heavy atom. The van der Waals surface area contributed by atoms with Gasteiger partial charge in [-0.2, -0.15) is 0 Å². The number of anilines is 1. The summed E-state index contributed by atoms with van der Waals surface area (Å²) in [5.74, 6) is 0.183. The Morgan fingerprint density at radius 2 is 1.80 bits per heavy atom. The highest BCUT2D eigenvalue weighted by Gasteiger charge is 2.34. The maximum Gasteiger partial charge on any atom is 0.323 e. The molecule has 8 nitrogen and oxygen atoms in total. The predicted octanol–water partition coefficient (Wildman–Crippen LogP) is 1.74. The van der Waals surface area contributed by atoms with Crippen molar-refractivity contribution < 1.29 is 22.4 Å². The van der Waals surface area contributed by atoms with E-state index < -0.39 is 27.9 Å². The summed E-state index contributed by atoms with van der Waals surface area (Å²) in [4.78, 5) is 26.5. The molecule has 0 saturated carbocycles. The van der Waals surface area contributed by atoms with Crippen LogP contribution in [0.2, 0.25) is 0 Å². The Hall–Kier alpha value is -2.63. The number of primary sulfonamides is 1. The highest BCUT2D eigenvalue weighted by Crippen LogP contribution is 2.22. The average molecular weight is 453 g/mol. The van der Waals surface area contributed by atoms with Crippen molar-refractivity contribution in [3.63, 3.8) is 0 Å². The minimum atomic E-state index is -3.74. The molecule has 0 radical (unpaired) electrons. The van der Waals surface area contributed by atoms with Crippen molar-refractivity contribution in [2.24, 2.45) is 5.14 Å². The summed E-state index contributed by atoms with van der Waals surface area (Å²) in [5.41, 5.74) is 1.29. The summed E-state index contributed by atoms with van der Waals surface area (Å²) < 4.78 is 35.5. The summed E-state index contributed by atoms with van der Waals surface area (Å²) in [7, 11) is -3.74. The molecular formula is C19H21FN4O4S2. The van der Waals surface area contributed by atoms with Gasteiger partial charge in [-0.15, -0.1) is 11.8 Å². The molecule has 11 heteroatoms. The summed E-state index contributed by atoms with van der Waals surface area (Å²) in [6, 6.07) is 10.5. The van der Waals surface area contributed by atoms with E-state index >= 15 is 0 Å². The van der Waals surface area contributed by atoms with Crippen LogP contribution in [-0.2, 0) is 21.2 Å². The molecule has 1 saturated heterocycles. The number of sulfonamides is 1. The topological polar surface area (TPSA) is 122 Å². The first kappa shape index (κ1) is 22.1. The molecule has 1 aliphatic heterocycles. The lowest BCUT2D eigenvalue weighted by molar-refractivity contribution is -0.124. The Morgan fingerprint density at radius 3 is 2.43 bits per heavy atom. The van der Waals surface area contributed by atoms with Gasteiger partial charge in [-0.25, -0.2) is 22.7 Å². The molecule has 2 aromatic rings. The molecule has 2 aromatic carbocycles. The van der Waals surface area contributed by atoms with Gasteiger partial charge in [0.15, 0.2) is 0 Å². The maximum absolute atomic E-state index is 13.0. The van der Waals surface area contributed by atoms with E-state index in [2.05, 4.69) is 10.6 Å². The molecule has 0 aliphatic carbocycles. The molecule has 1 atom stereocenters. The van der Waals surface area contributed by atoms with Crippen LogP contribution in [-0.4, -0.2) is 49.5 Å². The molecule has 1 aliphatic rings. The number of nitrogens with one attached hydrogen (secondary N) is 2. The van der Waals surface area contributed by atoms with E-state index in [-0.39, 0.29) is 10.8 Å². The number of carbonyl (C=O) groups is 2. The van der Waals surface area contributed by atoms with Gasteiger partial charge >= 0.3 is 6.03 Å². The number of halogens is 1. The fourth-order valence-corrected chi connectivity index (χ4v) is 4.55. The third-order valence-corrected chi connectivity index (χ3v) is 6.45. The number of amides is 3. The van der Waals surface area contributed by atoms with Crippen LogP contribution in [0.5, 0.6) is 0 Å². The molecule has 1 heterocycles. The van der Waals surface area contributed by atoms with Crippen molar-refractivity contribution >= 4 is 39.4 Å². The summed E-state index contributed by atoms with van der Waals surface area (Å²) in [5, 5.41) is 10.5. The first-order chi connectivity index (χ1) is 14.2. The molecule has 1 fully saturated rings. The van der Waals surface area contributed by atoms with Crippen LogP contribution in [0.25, 0.3) is 0 Å². The summed E-state index contributed by atoms with van der Waals surface area (Å²) in [6.45, 7) is 0.335. The van der Waals surface area contributed by atoms with Crippen molar-refractivity contribution in [2.75, 3.05) is 23.5 Å². The van der Waals surface area contributed by atoms with E-state index in [1.807, 2.05) is 0 Å². The van der Waals surface area contributed by atoms with Gasteiger partial charge in [-0.05, 0) is 48.4 Å². The standard InChI is InChI=1S/C19H21FN4O4S2/c20-14-3-5-15(6-4-14)23-19(26)24-12-29-11-17(24)18(25)22-10-9-13-1-7-16(8-2-13)30(21,27)28/h1-8,17H,9-12H2,(H,22,25)(H,23,26)(H2,21,27,28). The van der Waals surface area contributed by atoms with E-state index in [0.29, 0.717) is 30.3 Å². The van der Waals surface area contributed by atoms with Gasteiger partial charge in [0.1, 0.15) is 11.9 Å². The Kier molecular flexibility index (Phi) is 6.95. The van der Waals surface area contributed by atoms with Gasteiger partial charge < -0.3 is 15.5 Å². The molecule has 0 bridgehead atoms. The number of nitrogens with zero attached hydrogens (tertiary/aromatic N) is 1. The zero-order chi connectivity index (χ0) is 21.7. The number of nitrogens with two attached hydrogens (primary N) is 1. The number of hydrogen-bond acceptors (Lipinski definition) is 5. The lowest BCUT2D eigenvalue weighted by Crippen LogP contribution is -2.49. The number of carbonyl (C=O) groups excluding carboxylic acids is 2. The minimum Gasteiger partial charge on any atom is -0.354 e. The van der Waals surface area contributed by atoms with Crippen molar-refractivity contribution in [2.45, 2.75) is 17.4 Å². The number of benzene rings is 2.